The van der Waals surface area contributed by atoms with Crippen LogP contribution in [0.5, 0.6) is 17.2 Å². The van der Waals surface area contributed by atoms with Gasteiger partial charge >= 0.3 is 0 Å². The van der Waals surface area contributed by atoms with Crippen LogP contribution < -0.4 is 19.1 Å². The third kappa shape index (κ3) is 7.30. The number of hydrogen-bond donors (Lipinski definition) is 0. The van der Waals surface area contributed by atoms with Crippen LogP contribution in [0.2, 0.25) is 0 Å². The lowest BCUT2D eigenvalue weighted by molar-refractivity contribution is 0.0393. The van der Waals surface area contributed by atoms with E-state index < -0.39 is 0 Å². The highest BCUT2D eigenvalue weighted by molar-refractivity contribution is 5.63. The Morgan fingerprint density at radius 2 is 1.42 bits per heavy atom. The highest BCUT2D eigenvalue weighted by Crippen LogP contribution is 2.40. The van der Waals surface area contributed by atoms with Gasteiger partial charge in [0.1, 0.15) is 0 Å². The van der Waals surface area contributed by atoms with E-state index in [0.717, 1.165) is 45.1 Å². The molecule has 0 unspecified atom stereocenters. The SMILES string of the molecule is CC.CC.COc1cc(N(C)CCN2CCOCC2)cc(OC)c1OC. The van der Waals surface area contributed by atoms with Crippen LogP contribution in [-0.2, 0) is 4.74 Å². The first-order chi connectivity index (χ1) is 12.7. The summed E-state index contributed by atoms with van der Waals surface area (Å²) in [5.41, 5.74) is 1.04. The molecule has 1 aromatic carbocycles. The monoisotopic (exact) mass is 370 g/mol. The Labute approximate surface area is 160 Å². The summed E-state index contributed by atoms with van der Waals surface area (Å²) in [7, 11) is 6.95. The molecule has 0 aromatic heterocycles. The van der Waals surface area contributed by atoms with Crippen LogP contribution in [-0.4, -0.2) is 72.7 Å². The highest BCUT2D eigenvalue weighted by atomic mass is 16.5. The molecule has 1 aromatic rings. The molecule has 0 amide bonds. The van der Waals surface area contributed by atoms with Gasteiger partial charge < -0.3 is 23.8 Å². The molecule has 0 atom stereocenters. The summed E-state index contributed by atoms with van der Waals surface area (Å²) in [6.07, 6.45) is 0. The number of benzene rings is 1. The largest absolute Gasteiger partial charge is 0.493 e. The van der Waals surface area contributed by atoms with Gasteiger partial charge in [-0.1, -0.05) is 27.7 Å². The van der Waals surface area contributed by atoms with E-state index in [1.54, 1.807) is 21.3 Å². The summed E-state index contributed by atoms with van der Waals surface area (Å²) in [5, 5.41) is 0. The Hall–Kier alpha value is -1.66. The molecule has 0 N–H and O–H groups in total. The first-order valence-corrected chi connectivity index (χ1v) is 9.50. The molecule has 0 spiro atoms. The Morgan fingerprint density at radius 1 is 0.923 bits per heavy atom. The summed E-state index contributed by atoms with van der Waals surface area (Å²) in [4.78, 5) is 4.61. The number of rotatable bonds is 7. The molecule has 0 bridgehead atoms. The summed E-state index contributed by atoms with van der Waals surface area (Å²) in [5.74, 6) is 1.97. The zero-order chi connectivity index (χ0) is 19.9. The van der Waals surface area contributed by atoms with Crippen LogP contribution in [0.3, 0.4) is 0 Å². The van der Waals surface area contributed by atoms with Gasteiger partial charge in [0.05, 0.1) is 34.5 Å². The topological polar surface area (TPSA) is 43.4 Å². The molecule has 6 nitrogen and oxygen atoms in total. The summed E-state index contributed by atoms with van der Waals surface area (Å²) < 4.78 is 21.5. The lowest BCUT2D eigenvalue weighted by Crippen LogP contribution is -2.40. The summed E-state index contributed by atoms with van der Waals surface area (Å²) >= 11 is 0. The number of hydrogen-bond acceptors (Lipinski definition) is 6. The van der Waals surface area contributed by atoms with Crippen LogP contribution in [0.25, 0.3) is 0 Å². The Kier molecular flexibility index (Phi) is 13.6. The van der Waals surface area contributed by atoms with Crippen molar-refractivity contribution in [2.45, 2.75) is 27.7 Å². The third-order valence-electron chi connectivity index (χ3n) is 3.95. The average Bonchev–Trinajstić information content (AvgIpc) is 2.74. The zero-order valence-corrected chi connectivity index (χ0v) is 17.9. The smallest absolute Gasteiger partial charge is 0.203 e. The maximum Gasteiger partial charge on any atom is 0.203 e. The van der Waals surface area contributed by atoms with E-state index in [2.05, 4.69) is 16.8 Å². The second-order valence-corrected chi connectivity index (χ2v) is 5.26. The first-order valence-electron chi connectivity index (χ1n) is 9.50. The highest BCUT2D eigenvalue weighted by Gasteiger charge is 2.16. The Bertz CT molecular complexity index is 452. The van der Waals surface area contributed by atoms with Gasteiger partial charge in [0.15, 0.2) is 11.5 Å². The van der Waals surface area contributed by atoms with E-state index >= 15 is 0 Å². The van der Waals surface area contributed by atoms with Gasteiger partial charge in [0, 0.05) is 51.0 Å². The molecule has 152 valence electrons. The minimum absolute atomic E-state index is 0.621. The molecule has 1 heterocycles. The number of likely N-dealkylation sites (N-methyl/N-ethyl adjacent to an activating group) is 1. The molecule has 0 saturated carbocycles. The van der Waals surface area contributed by atoms with Crippen molar-refractivity contribution < 1.29 is 18.9 Å². The number of nitrogens with zero attached hydrogens (tertiary/aromatic N) is 2. The zero-order valence-electron chi connectivity index (χ0n) is 17.9. The van der Waals surface area contributed by atoms with Gasteiger partial charge in [-0.05, 0) is 0 Å². The fourth-order valence-corrected chi connectivity index (χ4v) is 2.53. The molecule has 26 heavy (non-hydrogen) atoms. The van der Waals surface area contributed by atoms with Gasteiger partial charge in [-0.2, -0.15) is 0 Å². The molecule has 1 saturated heterocycles. The van der Waals surface area contributed by atoms with E-state index in [9.17, 15) is 0 Å². The quantitative estimate of drug-likeness (QED) is 0.731. The van der Waals surface area contributed by atoms with Gasteiger partial charge in [0.25, 0.3) is 0 Å². The Morgan fingerprint density at radius 3 is 1.85 bits per heavy atom. The molecule has 1 fully saturated rings. The lowest BCUT2D eigenvalue weighted by atomic mass is 10.2. The molecular weight excluding hydrogens is 332 g/mol. The molecule has 1 aliphatic heterocycles. The molecule has 1 aliphatic rings. The number of anilines is 1. The van der Waals surface area contributed by atoms with Crippen molar-refractivity contribution in [1.29, 1.82) is 0 Å². The van der Waals surface area contributed by atoms with Crippen molar-refractivity contribution >= 4 is 5.69 Å². The molecule has 0 radical (unpaired) electrons. The maximum atomic E-state index is 5.41. The second kappa shape index (κ2) is 14.5. The van der Waals surface area contributed by atoms with Crippen molar-refractivity contribution in [2.24, 2.45) is 0 Å². The predicted octanol–water partition coefficient (Wildman–Crippen LogP) is 3.53. The summed E-state index contributed by atoms with van der Waals surface area (Å²) in [6, 6.07) is 3.95. The fourth-order valence-electron chi connectivity index (χ4n) is 2.53. The van der Waals surface area contributed by atoms with Crippen LogP contribution in [0, 0.1) is 0 Å². The van der Waals surface area contributed by atoms with Crippen LogP contribution in [0.4, 0.5) is 5.69 Å². The normalized spacial score (nSPS) is 13.5. The fraction of sp³-hybridized carbons (Fsp3) is 0.700. The van der Waals surface area contributed by atoms with Crippen LogP contribution in [0.1, 0.15) is 27.7 Å². The maximum absolute atomic E-state index is 5.41. The van der Waals surface area contributed by atoms with E-state index in [4.69, 9.17) is 18.9 Å². The van der Waals surface area contributed by atoms with Gasteiger partial charge in [-0.25, -0.2) is 0 Å². The van der Waals surface area contributed by atoms with E-state index in [-0.39, 0.29) is 0 Å². The number of methoxy groups -OCH3 is 3. The standard InChI is InChI=1S/C16H26N2O4.2C2H6/c1-17(5-6-18-7-9-22-10-8-18)13-11-14(19-2)16(21-4)15(12-13)20-3;2*1-2/h11-12H,5-10H2,1-4H3;2*1-2H3. The minimum Gasteiger partial charge on any atom is -0.493 e. The van der Waals surface area contributed by atoms with Crippen molar-refractivity contribution in [3.8, 4) is 17.2 Å². The lowest BCUT2D eigenvalue weighted by Gasteiger charge is -2.29. The molecule has 0 aliphatic carbocycles. The van der Waals surface area contributed by atoms with Crippen molar-refractivity contribution in [3.63, 3.8) is 0 Å². The average molecular weight is 371 g/mol. The van der Waals surface area contributed by atoms with Crippen LogP contribution in [0.15, 0.2) is 12.1 Å². The van der Waals surface area contributed by atoms with Gasteiger partial charge in [0.2, 0.25) is 5.75 Å². The second-order valence-electron chi connectivity index (χ2n) is 5.26. The summed E-state index contributed by atoms with van der Waals surface area (Å²) in [6.45, 7) is 13.6. The number of morpholine rings is 1. The van der Waals surface area contributed by atoms with Crippen molar-refractivity contribution in [2.75, 3.05) is 72.7 Å². The van der Waals surface area contributed by atoms with Crippen LogP contribution >= 0.6 is 0 Å². The minimum atomic E-state index is 0.621. The van der Waals surface area contributed by atoms with Crippen molar-refractivity contribution in [1.82, 2.24) is 4.90 Å². The van der Waals surface area contributed by atoms with Gasteiger partial charge in [-0.15, -0.1) is 0 Å². The van der Waals surface area contributed by atoms with E-state index in [1.165, 1.54) is 0 Å². The predicted molar refractivity (Wildman–Crippen MR) is 109 cm³/mol. The van der Waals surface area contributed by atoms with E-state index in [1.807, 2.05) is 39.8 Å². The van der Waals surface area contributed by atoms with Crippen molar-refractivity contribution in [3.05, 3.63) is 12.1 Å². The van der Waals surface area contributed by atoms with Gasteiger partial charge in [-0.3, -0.25) is 4.90 Å². The van der Waals surface area contributed by atoms with E-state index in [0.29, 0.717) is 17.2 Å². The third-order valence-corrected chi connectivity index (χ3v) is 3.95. The number of ether oxygens (including phenoxy) is 4. The molecule has 6 heteroatoms. The first kappa shape index (κ1) is 24.3. The molecular formula is C20H38N2O4. The Balaban J connectivity index is 0.00000146. The molecule has 2 rings (SSSR count).